The minimum absolute atomic E-state index is 0.166. The van der Waals surface area contributed by atoms with E-state index in [9.17, 15) is 19.8 Å². The molecule has 0 fully saturated rings. The standard InChI is InChI=1S/C26H34O8/c1-3-5-11-23(25(27)28)33-21-15-9-7-13-19(21)31-17-18-32-20-14-8-10-16-22(20)34-24(26(29)30)12-6-4-2/h7-10,13-16,23-24H,3-6,11-12,17-18H2,1-2H3,(H,27,28)(H,29,30). The summed E-state index contributed by atoms with van der Waals surface area (Å²) in [6.45, 7) is 4.32. The molecule has 0 aliphatic heterocycles. The zero-order valence-corrected chi connectivity index (χ0v) is 19.8. The molecule has 0 heterocycles. The topological polar surface area (TPSA) is 112 Å². The van der Waals surface area contributed by atoms with Gasteiger partial charge < -0.3 is 29.2 Å². The van der Waals surface area contributed by atoms with E-state index in [0.717, 1.165) is 25.7 Å². The highest BCUT2D eigenvalue weighted by molar-refractivity contribution is 5.73. The van der Waals surface area contributed by atoms with Crippen LogP contribution in [0, 0.1) is 0 Å². The Hall–Kier alpha value is -3.42. The minimum atomic E-state index is -1.01. The van der Waals surface area contributed by atoms with Crippen LogP contribution in [0.5, 0.6) is 23.0 Å². The fourth-order valence-corrected chi connectivity index (χ4v) is 3.19. The number of rotatable bonds is 17. The van der Waals surface area contributed by atoms with Crippen LogP contribution in [-0.2, 0) is 9.59 Å². The summed E-state index contributed by atoms with van der Waals surface area (Å²) in [6.07, 6.45) is 2.18. The molecule has 0 saturated carbocycles. The number of benzene rings is 2. The first kappa shape index (κ1) is 26.8. The Morgan fingerprint density at radius 1 is 0.676 bits per heavy atom. The van der Waals surface area contributed by atoms with Gasteiger partial charge in [0.15, 0.2) is 35.2 Å². The molecule has 2 rings (SSSR count). The maximum atomic E-state index is 11.5. The Bertz CT molecular complexity index is 824. The fraction of sp³-hybridized carbons (Fsp3) is 0.462. The monoisotopic (exact) mass is 474 g/mol. The molecule has 2 aromatic rings. The molecule has 34 heavy (non-hydrogen) atoms. The number of ether oxygens (including phenoxy) is 4. The quantitative estimate of drug-likeness (QED) is 0.301. The molecule has 0 aromatic heterocycles. The molecule has 2 N–H and O–H groups in total. The minimum Gasteiger partial charge on any atom is -0.486 e. The van der Waals surface area contributed by atoms with Crippen LogP contribution in [0.2, 0.25) is 0 Å². The third kappa shape index (κ3) is 8.84. The van der Waals surface area contributed by atoms with Gasteiger partial charge in [-0.1, -0.05) is 51.0 Å². The molecular weight excluding hydrogens is 440 g/mol. The van der Waals surface area contributed by atoms with Gasteiger partial charge in [-0.05, 0) is 49.9 Å². The predicted molar refractivity (Wildman–Crippen MR) is 127 cm³/mol. The number of unbranched alkanes of at least 4 members (excludes halogenated alkanes) is 2. The van der Waals surface area contributed by atoms with Crippen LogP contribution < -0.4 is 18.9 Å². The van der Waals surface area contributed by atoms with Crippen LogP contribution in [0.4, 0.5) is 0 Å². The molecule has 8 nitrogen and oxygen atoms in total. The van der Waals surface area contributed by atoms with Crippen molar-refractivity contribution in [3.8, 4) is 23.0 Å². The number of carboxylic acid groups (broad SMARTS) is 2. The molecule has 0 aliphatic carbocycles. The highest BCUT2D eigenvalue weighted by atomic mass is 16.6. The van der Waals surface area contributed by atoms with Crippen molar-refractivity contribution in [2.45, 2.75) is 64.6 Å². The van der Waals surface area contributed by atoms with E-state index in [1.807, 2.05) is 13.8 Å². The predicted octanol–water partition coefficient (Wildman–Crippen LogP) is 5.19. The first-order valence-electron chi connectivity index (χ1n) is 11.7. The van der Waals surface area contributed by atoms with Crippen molar-refractivity contribution in [1.29, 1.82) is 0 Å². The third-order valence-electron chi connectivity index (χ3n) is 5.03. The Kier molecular flexibility index (Phi) is 11.6. The lowest BCUT2D eigenvalue weighted by Crippen LogP contribution is -2.27. The van der Waals surface area contributed by atoms with Gasteiger partial charge in [-0.15, -0.1) is 0 Å². The SMILES string of the molecule is CCCCC(Oc1ccccc1OCCOc1ccccc1OC(CCCC)C(=O)O)C(=O)O. The van der Waals surface area contributed by atoms with Gasteiger partial charge in [0.2, 0.25) is 0 Å². The Labute approximate surface area is 200 Å². The van der Waals surface area contributed by atoms with E-state index in [2.05, 4.69) is 0 Å². The summed E-state index contributed by atoms with van der Waals surface area (Å²) in [6, 6.07) is 13.8. The van der Waals surface area contributed by atoms with Crippen LogP contribution in [0.15, 0.2) is 48.5 Å². The highest BCUT2D eigenvalue weighted by Gasteiger charge is 2.21. The van der Waals surface area contributed by atoms with Crippen molar-refractivity contribution in [1.82, 2.24) is 0 Å². The molecule has 0 bridgehead atoms. The van der Waals surface area contributed by atoms with Gasteiger partial charge >= 0.3 is 11.9 Å². The normalized spacial score (nSPS) is 12.4. The third-order valence-corrected chi connectivity index (χ3v) is 5.03. The van der Waals surface area contributed by atoms with E-state index >= 15 is 0 Å². The molecule has 0 spiro atoms. The number of para-hydroxylation sites is 4. The van der Waals surface area contributed by atoms with Crippen molar-refractivity contribution in [3.63, 3.8) is 0 Å². The summed E-state index contributed by atoms with van der Waals surface area (Å²) < 4.78 is 23.0. The average Bonchev–Trinajstić information content (AvgIpc) is 2.83. The summed E-state index contributed by atoms with van der Waals surface area (Å²) in [5.41, 5.74) is 0. The summed E-state index contributed by atoms with van der Waals surface area (Å²) in [5, 5.41) is 18.9. The molecule has 2 unspecified atom stereocenters. The first-order valence-corrected chi connectivity index (χ1v) is 11.7. The Morgan fingerprint density at radius 3 is 1.35 bits per heavy atom. The van der Waals surface area contributed by atoms with Gasteiger partial charge in [-0.3, -0.25) is 0 Å². The van der Waals surface area contributed by atoms with E-state index in [1.165, 1.54) is 0 Å². The summed E-state index contributed by atoms with van der Waals surface area (Å²) in [5.74, 6) is -0.471. The smallest absolute Gasteiger partial charge is 0.344 e. The lowest BCUT2D eigenvalue weighted by Gasteiger charge is -2.19. The lowest BCUT2D eigenvalue weighted by atomic mass is 10.1. The number of carbonyl (C=O) groups is 2. The van der Waals surface area contributed by atoms with E-state index in [-0.39, 0.29) is 13.2 Å². The first-order chi connectivity index (χ1) is 16.5. The number of aliphatic carboxylic acids is 2. The summed E-state index contributed by atoms with van der Waals surface area (Å²) in [4.78, 5) is 23.0. The van der Waals surface area contributed by atoms with Crippen LogP contribution in [0.1, 0.15) is 52.4 Å². The van der Waals surface area contributed by atoms with Gasteiger partial charge in [0, 0.05) is 0 Å². The average molecular weight is 475 g/mol. The zero-order valence-electron chi connectivity index (χ0n) is 19.8. The molecule has 8 heteroatoms. The molecule has 2 atom stereocenters. The summed E-state index contributed by atoms with van der Waals surface area (Å²) >= 11 is 0. The largest absolute Gasteiger partial charge is 0.486 e. The van der Waals surface area contributed by atoms with E-state index < -0.39 is 24.1 Å². The van der Waals surface area contributed by atoms with Gasteiger partial charge in [-0.25, -0.2) is 9.59 Å². The van der Waals surface area contributed by atoms with E-state index in [0.29, 0.717) is 35.8 Å². The fourth-order valence-electron chi connectivity index (χ4n) is 3.19. The van der Waals surface area contributed by atoms with Gasteiger partial charge in [0.05, 0.1) is 0 Å². The second-order valence-corrected chi connectivity index (χ2v) is 7.76. The molecule has 0 radical (unpaired) electrons. The van der Waals surface area contributed by atoms with Gasteiger partial charge in [0.25, 0.3) is 0 Å². The van der Waals surface area contributed by atoms with E-state index in [4.69, 9.17) is 18.9 Å². The Morgan fingerprint density at radius 2 is 1.03 bits per heavy atom. The van der Waals surface area contributed by atoms with Gasteiger partial charge in [0.1, 0.15) is 13.2 Å². The van der Waals surface area contributed by atoms with E-state index in [1.54, 1.807) is 48.5 Å². The van der Waals surface area contributed by atoms with Crippen molar-refractivity contribution in [3.05, 3.63) is 48.5 Å². The second kappa shape index (κ2) is 14.7. The second-order valence-electron chi connectivity index (χ2n) is 7.76. The summed E-state index contributed by atoms with van der Waals surface area (Å²) in [7, 11) is 0. The lowest BCUT2D eigenvalue weighted by molar-refractivity contribution is -0.146. The van der Waals surface area contributed by atoms with Crippen molar-refractivity contribution in [2.75, 3.05) is 13.2 Å². The van der Waals surface area contributed by atoms with Crippen molar-refractivity contribution in [2.24, 2.45) is 0 Å². The molecular formula is C26H34O8. The molecule has 2 aromatic carbocycles. The Balaban J connectivity index is 1.95. The van der Waals surface area contributed by atoms with Crippen molar-refractivity contribution >= 4 is 11.9 Å². The maximum Gasteiger partial charge on any atom is 0.344 e. The van der Waals surface area contributed by atoms with Crippen LogP contribution in [-0.4, -0.2) is 47.6 Å². The zero-order chi connectivity index (χ0) is 24.8. The molecule has 0 saturated heterocycles. The van der Waals surface area contributed by atoms with Crippen LogP contribution >= 0.6 is 0 Å². The molecule has 186 valence electrons. The number of carboxylic acids is 2. The van der Waals surface area contributed by atoms with Crippen LogP contribution in [0.25, 0.3) is 0 Å². The molecule has 0 amide bonds. The highest BCUT2D eigenvalue weighted by Crippen LogP contribution is 2.30. The van der Waals surface area contributed by atoms with Crippen molar-refractivity contribution < 1.29 is 38.7 Å². The molecule has 0 aliphatic rings. The maximum absolute atomic E-state index is 11.5. The van der Waals surface area contributed by atoms with Gasteiger partial charge in [-0.2, -0.15) is 0 Å². The van der Waals surface area contributed by atoms with Crippen LogP contribution in [0.3, 0.4) is 0 Å². The number of hydrogen-bond acceptors (Lipinski definition) is 6. The number of hydrogen-bond donors (Lipinski definition) is 2.